The van der Waals surface area contributed by atoms with Gasteiger partial charge in [0.15, 0.2) is 0 Å². The molecule has 6 heteroatoms. The van der Waals surface area contributed by atoms with Crippen LogP contribution in [0.1, 0.15) is 22.3 Å². The first kappa shape index (κ1) is 21.7. The highest BCUT2D eigenvalue weighted by atomic mass is 32.2. The number of carbonyl (C=O) groups is 1. The fraction of sp³-hybridized carbons (Fsp3) is 0.208. The van der Waals surface area contributed by atoms with Crippen molar-refractivity contribution in [3.8, 4) is 0 Å². The van der Waals surface area contributed by atoms with Crippen molar-refractivity contribution in [1.82, 2.24) is 4.72 Å². The maximum atomic E-state index is 13.1. The molecule has 0 spiro atoms. The third-order valence-electron chi connectivity index (χ3n) is 4.88. The second-order valence-corrected chi connectivity index (χ2v) is 9.20. The van der Waals surface area contributed by atoms with Gasteiger partial charge in [-0.25, -0.2) is 8.42 Å². The van der Waals surface area contributed by atoms with Crippen molar-refractivity contribution in [2.24, 2.45) is 0 Å². The summed E-state index contributed by atoms with van der Waals surface area (Å²) in [6.45, 7) is 5.73. The molecule has 3 aromatic carbocycles. The van der Waals surface area contributed by atoms with Gasteiger partial charge in [0.25, 0.3) is 0 Å². The number of hydrogen-bond acceptors (Lipinski definition) is 3. The van der Waals surface area contributed by atoms with E-state index in [-0.39, 0.29) is 11.3 Å². The Labute approximate surface area is 178 Å². The smallest absolute Gasteiger partial charge is 0.242 e. The molecule has 1 amide bonds. The highest BCUT2D eigenvalue weighted by Gasteiger charge is 2.26. The Morgan fingerprint density at radius 3 is 2.17 bits per heavy atom. The summed E-state index contributed by atoms with van der Waals surface area (Å²) in [5.41, 5.74) is 4.42. The summed E-state index contributed by atoms with van der Waals surface area (Å²) in [7, 11) is -3.86. The van der Waals surface area contributed by atoms with Gasteiger partial charge in [-0.3, -0.25) is 4.79 Å². The van der Waals surface area contributed by atoms with Crippen molar-refractivity contribution in [3.63, 3.8) is 0 Å². The summed E-state index contributed by atoms with van der Waals surface area (Å²) >= 11 is 0. The van der Waals surface area contributed by atoms with Gasteiger partial charge in [-0.1, -0.05) is 60.2 Å². The van der Waals surface area contributed by atoms with Gasteiger partial charge in [0.1, 0.15) is 6.04 Å². The second kappa shape index (κ2) is 9.24. The van der Waals surface area contributed by atoms with E-state index in [0.717, 1.165) is 22.3 Å². The van der Waals surface area contributed by atoms with E-state index in [0.29, 0.717) is 5.69 Å². The van der Waals surface area contributed by atoms with Gasteiger partial charge in [-0.05, 0) is 62.1 Å². The number of amides is 1. The molecule has 0 aromatic heterocycles. The van der Waals surface area contributed by atoms with Crippen LogP contribution >= 0.6 is 0 Å². The average Bonchev–Trinajstić information content (AvgIpc) is 2.71. The molecule has 3 rings (SSSR count). The monoisotopic (exact) mass is 422 g/mol. The van der Waals surface area contributed by atoms with E-state index < -0.39 is 22.0 Å². The van der Waals surface area contributed by atoms with Gasteiger partial charge in [0.2, 0.25) is 15.9 Å². The lowest BCUT2D eigenvalue weighted by atomic mass is 10.1. The van der Waals surface area contributed by atoms with E-state index in [4.69, 9.17) is 0 Å². The summed E-state index contributed by atoms with van der Waals surface area (Å²) in [5.74, 6) is -0.400. The molecule has 1 unspecified atom stereocenters. The average molecular weight is 423 g/mol. The number of aryl methyl sites for hydroxylation is 3. The number of sulfonamides is 1. The molecule has 30 heavy (non-hydrogen) atoms. The summed E-state index contributed by atoms with van der Waals surface area (Å²) in [6.07, 6.45) is 0.239. The van der Waals surface area contributed by atoms with E-state index >= 15 is 0 Å². The fourth-order valence-electron chi connectivity index (χ4n) is 3.10. The fourth-order valence-corrected chi connectivity index (χ4v) is 4.30. The Kier molecular flexibility index (Phi) is 6.70. The zero-order valence-corrected chi connectivity index (χ0v) is 18.2. The van der Waals surface area contributed by atoms with Crippen molar-refractivity contribution >= 4 is 21.6 Å². The van der Waals surface area contributed by atoms with E-state index in [9.17, 15) is 13.2 Å². The van der Waals surface area contributed by atoms with Crippen LogP contribution in [-0.4, -0.2) is 20.4 Å². The van der Waals surface area contributed by atoms with Crippen molar-refractivity contribution in [3.05, 3.63) is 95.1 Å². The first-order valence-corrected chi connectivity index (χ1v) is 11.2. The lowest BCUT2D eigenvalue weighted by molar-refractivity contribution is -0.117. The van der Waals surface area contributed by atoms with E-state index in [1.165, 1.54) is 0 Å². The Morgan fingerprint density at radius 1 is 0.867 bits per heavy atom. The van der Waals surface area contributed by atoms with Crippen LogP contribution in [0.2, 0.25) is 0 Å². The van der Waals surface area contributed by atoms with Crippen LogP contribution in [0.5, 0.6) is 0 Å². The van der Waals surface area contributed by atoms with Crippen molar-refractivity contribution in [2.45, 2.75) is 38.1 Å². The van der Waals surface area contributed by atoms with Gasteiger partial charge in [0.05, 0.1) is 4.90 Å². The molecule has 156 valence electrons. The normalized spacial score (nSPS) is 12.4. The third-order valence-corrected chi connectivity index (χ3v) is 6.37. The van der Waals surface area contributed by atoms with Gasteiger partial charge in [0, 0.05) is 5.69 Å². The number of benzene rings is 3. The van der Waals surface area contributed by atoms with Crippen molar-refractivity contribution in [1.29, 1.82) is 0 Å². The van der Waals surface area contributed by atoms with Gasteiger partial charge in [-0.15, -0.1) is 0 Å². The molecular formula is C24H26N2O3S. The topological polar surface area (TPSA) is 75.3 Å². The van der Waals surface area contributed by atoms with Crippen LogP contribution < -0.4 is 10.0 Å². The molecule has 1 atom stereocenters. The molecule has 0 saturated carbocycles. The van der Waals surface area contributed by atoms with Crippen LogP contribution in [0.25, 0.3) is 0 Å². The summed E-state index contributed by atoms with van der Waals surface area (Å²) in [5, 5.41) is 2.89. The lowest BCUT2D eigenvalue weighted by Gasteiger charge is -2.20. The highest BCUT2D eigenvalue weighted by Crippen LogP contribution is 2.18. The number of nitrogens with one attached hydrogen (secondary N) is 2. The SMILES string of the molecule is Cc1ccc(S(=O)(=O)NC(Cc2ccccc2)C(=O)Nc2cc(C)ccc2C)cc1. The predicted molar refractivity (Wildman–Crippen MR) is 120 cm³/mol. The number of anilines is 1. The van der Waals surface area contributed by atoms with Crippen LogP contribution in [0.3, 0.4) is 0 Å². The molecule has 0 aliphatic heterocycles. The Hall–Kier alpha value is -2.96. The zero-order valence-electron chi connectivity index (χ0n) is 17.3. The quantitative estimate of drug-likeness (QED) is 0.601. The standard InChI is InChI=1S/C24H26N2O3S/c1-17-10-13-21(14-11-17)30(28,29)26-23(16-20-7-5-4-6-8-20)24(27)25-22-15-18(2)9-12-19(22)3/h4-15,23,26H,16H2,1-3H3,(H,25,27). The van der Waals surface area contributed by atoms with E-state index in [1.54, 1.807) is 24.3 Å². The predicted octanol–water partition coefficient (Wildman–Crippen LogP) is 4.14. The molecule has 0 aliphatic rings. The first-order chi connectivity index (χ1) is 14.2. The number of rotatable bonds is 7. The largest absolute Gasteiger partial charge is 0.324 e. The Morgan fingerprint density at radius 2 is 1.50 bits per heavy atom. The first-order valence-electron chi connectivity index (χ1n) is 9.75. The minimum absolute atomic E-state index is 0.130. The molecule has 0 aliphatic carbocycles. The summed E-state index contributed by atoms with van der Waals surface area (Å²) in [4.78, 5) is 13.2. The lowest BCUT2D eigenvalue weighted by Crippen LogP contribution is -2.45. The summed E-state index contributed by atoms with van der Waals surface area (Å²) < 4.78 is 28.5. The highest BCUT2D eigenvalue weighted by molar-refractivity contribution is 7.89. The van der Waals surface area contributed by atoms with Crippen LogP contribution in [0, 0.1) is 20.8 Å². The number of hydrogen-bond donors (Lipinski definition) is 2. The maximum Gasteiger partial charge on any atom is 0.242 e. The second-order valence-electron chi connectivity index (χ2n) is 7.48. The molecule has 2 N–H and O–H groups in total. The molecule has 0 heterocycles. The van der Waals surface area contributed by atoms with Crippen molar-refractivity contribution < 1.29 is 13.2 Å². The van der Waals surface area contributed by atoms with E-state index in [1.807, 2.05) is 69.3 Å². The van der Waals surface area contributed by atoms with Gasteiger partial charge < -0.3 is 5.32 Å². The minimum atomic E-state index is -3.86. The summed E-state index contributed by atoms with van der Waals surface area (Å²) in [6, 6.07) is 20.7. The molecule has 5 nitrogen and oxygen atoms in total. The third kappa shape index (κ3) is 5.55. The molecule has 0 saturated heterocycles. The van der Waals surface area contributed by atoms with E-state index in [2.05, 4.69) is 10.0 Å². The molecule has 0 bridgehead atoms. The van der Waals surface area contributed by atoms with Gasteiger partial charge >= 0.3 is 0 Å². The van der Waals surface area contributed by atoms with Gasteiger partial charge in [-0.2, -0.15) is 4.72 Å². The van der Waals surface area contributed by atoms with Crippen LogP contribution in [-0.2, 0) is 21.2 Å². The number of carbonyl (C=O) groups excluding carboxylic acids is 1. The maximum absolute atomic E-state index is 13.1. The van der Waals surface area contributed by atoms with Crippen LogP contribution in [0.15, 0.2) is 77.7 Å². The molecule has 3 aromatic rings. The van der Waals surface area contributed by atoms with Crippen molar-refractivity contribution in [2.75, 3.05) is 5.32 Å². The van der Waals surface area contributed by atoms with Crippen LogP contribution in [0.4, 0.5) is 5.69 Å². The zero-order chi connectivity index (χ0) is 21.7. The Bertz CT molecular complexity index is 1120. The Balaban J connectivity index is 1.88. The molecule has 0 fully saturated rings. The molecule has 0 radical (unpaired) electrons. The minimum Gasteiger partial charge on any atom is -0.324 e. The molecular weight excluding hydrogens is 396 g/mol.